The zero-order chi connectivity index (χ0) is 18.5. The van der Waals surface area contributed by atoms with Crippen molar-refractivity contribution in [2.24, 2.45) is 5.92 Å². The van der Waals surface area contributed by atoms with Crippen molar-refractivity contribution in [3.63, 3.8) is 0 Å². The third-order valence-corrected chi connectivity index (χ3v) is 6.07. The Bertz CT molecular complexity index is 595. The number of piperidine rings is 1. The average molecular weight is 379 g/mol. The summed E-state index contributed by atoms with van der Waals surface area (Å²) in [5.74, 6) is 0.836. The normalized spacial score (nSPS) is 20.9. The smallest absolute Gasteiger partial charge is 0.317 e. The molecule has 3 rings (SSSR count). The Kier molecular flexibility index (Phi) is 6.65. The number of piperazine rings is 1. The molecule has 0 spiro atoms. The van der Waals surface area contributed by atoms with E-state index in [9.17, 15) is 4.79 Å². The minimum atomic E-state index is 0.0565. The van der Waals surface area contributed by atoms with Gasteiger partial charge in [0, 0.05) is 38.8 Å². The monoisotopic (exact) mass is 378 g/mol. The predicted octanol–water partition coefficient (Wildman–Crippen LogP) is 3.29. The van der Waals surface area contributed by atoms with Crippen LogP contribution in [0.5, 0.6) is 0 Å². The van der Waals surface area contributed by atoms with Crippen LogP contribution in [0.15, 0.2) is 24.3 Å². The van der Waals surface area contributed by atoms with Crippen molar-refractivity contribution in [1.29, 1.82) is 0 Å². The fourth-order valence-corrected chi connectivity index (χ4v) is 4.06. The maximum atomic E-state index is 12.5. The number of benzene rings is 1. The molecule has 0 radical (unpaired) electrons. The Balaban J connectivity index is 1.42. The molecule has 1 aromatic carbocycles. The van der Waals surface area contributed by atoms with Gasteiger partial charge < -0.3 is 15.1 Å². The summed E-state index contributed by atoms with van der Waals surface area (Å²) >= 11 is 6.28. The first-order chi connectivity index (χ1) is 12.5. The number of hydrogen-bond acceptors (Lipinski definition) is 3. The van der Waals surface area contributed by atoms with Crippen molar-refractivity contribution >= 4 is 23.3 Å². The lowest BCUT2D eigenvalue weighted by Crippen LogP contribution is -2.54. The molecule has 0 bridgehead atoms. The Morgan fingerprint density at radius 1 is 1.15 bits per heavy atom. The maximum Gasteiger partial charge on any atom is 0.317 e. The van der Waals surface area contributed by atoms with E-state index in [1.807, 2.05) is 29.2 Å². The van der Waals surface area contributed by atoms with E-state index in [1.54, 1.807) is 0 Å². The minimum absolute atomic E-state index is 0.0565. The molecule has 2 amide bonds. The lowest BCUT2D eigenvalue weighted by Gasteiger charge is -2.37. The summed E-state index contributed by atoms with van der Waals surface area (Å²) in [6.45, 7) is 10.6. The summed E-state index contributed by atoms with van der Waals surface area (Å²) in [6, 6.07) is 8.36. The Morgan fingerprint density at radius 3 is 2.46 bits per heavy atom. The lowest BCUT2D eigenvalue weighted by molar-refractivity contribution is 0.141. The van der Waals surface area contributed by atoms with E-state index in [2.05, 4.69) is 29.0 Å². The fraction of sp³-hybridized carbons (Fsp3) is 0.650. The van der Waals surface area contributed by atoms with Crippen LogP contribution in [0.25, 0.3) is 0 Å². The zero-order valence-corrected chi connectivity index (χ0v) is 16.7. The number of halogens is 1. The number of nitrogens with zero attached hydrogens (tertiary/aromatic N) is 3. The molecule has 2 saturated heterocycles. The minimum Gasteiger partial charge on any atom is -0.367 e. The highest BCUT2D eigenvalue weighted by Gasteiger charge is 2.24. The third kappa shape index (κ3) is 4.83. The second-order valence-electron chi connectivity index (χ2n) is 7.68. The molecule has 2 aliphatic heterocycles. The van der Waals surface area contributed by atoms with Crippen LogP contribution in [0.1, 0.15) is 26.7 Å². The third-order valence-electron chi connectivity index (χ3n) is 5.75. The standard InChI is InChI=1S/C20H31ClN4O/c1-16-7-9-23(10-8-16)17(2)15-22-20(26)25-13-11-24(12-14-25)19-6-4-3-5-18(19)21/h3-6,16-17H,7-15H2,1-2H3,(H,22,26). The molecule has 1 unspecified atom stereocenters. The van der Waals surface area contributed by atoms with E-state index in [1.165, 1.54) is 12.8 Å². The molecule has 0 aliphatic carbocycles. The van der Waals surface area contributed by atoms with Gasteiger partial charge in [-0.15, -0.1) is 0 Å². The summed E-state index contributed by atoms with van der Waals surface area (Å²) in [6.07, 6.45) is 2.53. The summed E-state index contributed by atoms with van der Waals surface area (Å²) < 4.78 is 0. The Morgan fingerprint density at radius 2 is 1.81 bits per heavy atom. The highest BCUT2D eigenvalue weighted by atomic mass is 35.5. The SMILES string of the molecule is CC1CCN(C(C)CNC(=O)N2CCN(c3ccccc3Cl)CC2)CC1. The summed E-state index contributed by atoms with van der Waals surface area (Å²) in [7, 11) is 0. The van der Waals surface area contributed by atoms with Crippen molar-refractivity contribution in [2.75, 3.05) is 50.7 Å². The lowest BCUT2D eigenvalue weighted by atomic mass is 9.98. The van der Waals surface area contributed by atoms with Gasteiger partial charge in [-0.2, -0.15) is 0 Å². The van der Waals surface area contributed by atoms with E-state index >= 15 is 0 Å². The van der Waals surface area contributed by atoms with Crippen molar-refractivity contribution in [3.05, 3.63) is 29.3 Å². The van der Waals surface area contributed by atoms with Crippen LogP contribution in [-0.4, -0.2) is 67.7 Å². The van der Waals surface area contributed by atoms with Gasteiger partial charge in [-0.05, 0) is 50.9 Å². The van der Waals surface area contributed by atoms with Gasteiger partial charge in [0.1, 0.15) is 0 Å². The van der Waals surface area contributed by atoms with Crippen molar-refractivity contribution < 1.29 is 4.79 Å². The fourth-order valence-electron chi connectivity index (χ4n) is 3.80. The van der Waals surface area contributed by atoms with Gasteiger partial charge in [0.05, 0.1) is 10.7 Å². The van der Waals surface area contributed by atoms with Gasteiger partial charge in [-0.3, -0.25) is 4.90 Å². The first-order valence-corrected chi connectivity index (χ1v) is 10.2. The van der Waals surface area contributed by atoms with Crippen LogP contribution in [0.4, 0.5) is 10.5 Å². The number of rotatable bonds is 4. The first kappa shape index (κ1) is 19.3. The van der Waals surface area contributed by atoms with Gasteiger partial charge in [-0.1, -0.05) is 30.7 Å². The number of hydrogen-bond donors (Lipinski definition) is 1. The predicted molar refractivity (Wildman–Crippen MR) is 108 cm³/mol. The molecule has 144 valence electrons. The summed E-state index contributed by atoms with van der Waals surface area (Å²) in [5.41, 5.74) is 1.06. The summed E-state index contributed by atoms with van der Waals surface area (Å²) in [5, 5.41) is 3.90. The van der Waals surface area contributed by atoms with Gasteiger partial charge in [-0.25, -0.2) is 4.79 Å². The molecule has 1 N–H and O–H groups in total. The molecule has 2 heterocycles. The average Bonchev–Trinajstić information content (AvgIpc) is 2.67. The second-order valence-corrected chi connectivity index (χ2v) is 8.09. The highest BCUT2D eigenvalue weighted by molar-refractivity contribution is 6.33. The first-order valence-electron chi connectivity index (χ1n) is 9.81. The molecular weight excluding hydrogens is 348 g/mol. The van der Waals surface area contributed by atoms with Crippen molar-refractivity contribution in [1.82, 2.24) is 15.1 Å². The largest absolute Gasteiger partial charge is 0.367 e. The van der Waals surface area contributed by atoms with E-state index in [-0.39, 0.29) is 6.03 Å². The van der Waals surface area contributed by atoms with E-state index in [0.29, 0.717) is 6.04 Å². The number of nitrogens with one attached hydrogen (secondary N) is 1. The van der Waals surface area contributed by atoms with Crippen LogP contribution in [-0.2, 0) is 0 Å². The van der Waals surface area contributed by atoms with Crippen LogP contribution in [0.3, 0.4) is 0 Å². The van der Waals surface area contributed by atoms with Crippen LogP contribution in [0.2, 0.25) is 5.02 Å². The molecule has 2 fully saturated rings. The Hall–Kier alpha value is -1.46. The molecule has 1 aromatic rings. The molecular formula is C20H31ClN4O. The number of urea groups is 1. The van der Waals surface area contributed by atoms with Gasteiger partial charge in [0.25, 0.3) is 0 Å². The van der Waals surface area contributed by atoms with E-state index < -0.39 is 0 Å². The molecule has 6 heteroatoms. The molecule has 26 heavy (non-hydrogen) atoms. The number of para-hydroxylation sites is 1. The maximum absolute atomic E-state index is 12.5. The second kappa shape index (κ2) is 8.96. The molecule has 1 atom stereocenters. The van der Waals surface area contributed by atoms with Crippen molar-refractivity contribution in [3.8, 4) is 0 Å². The van der Waals surface area contributed by atoms with Gasteiger partial charge in [0.2, 0.25) is 0 Å². The molecule has 2 aliphatic rings. The highest BCUT2D eigenvalue weighted by Crippen LogP contribution is 2.26. The summed E-state index contributed by atoms with van der Waals surface area (Å²) in [4.78, 5) is 19.2. The van der Waals surface area contributed by atoms with Crippen molar-refractivity contribution in [2.45, 2.75) is 32.7 Å². The number of likely N-dealkylation sites (tertiary alicyclic amines) is 1. The molecule has 0 saturated carbocycles. The van der Waals surface area contributed by atoms with Crippen LogP contribution in [0, 0.1) is 5.92 Å². The van der Waals surface area contributed by atoms with Crippen LogP contribution >= 0.6 is 11.6 Å². The van der Waals surface area contributed by atoms with E-state index in [4.69, 9.17) is 11.6 Å². The van der Waals surface area contributed by atoms with Gasteiger partial charge in [0.15, 0.2) is 0 Å². The Labute approximate surface area is 162 Å². The van der Waals surface area contributed by atoms with Crippen LogP contribution < -0.4 is 10.2 Å². The van der Waals surface area contributed by atoms with Gasteiger partial charge >= 0.3 is 6.03 Å². The number of amides is 2. The number of anilines is 1. The number of carbonyl (C=O) groups is 1. The topological polar surface area (TPSA) is 38.8 Å². The quantitative estimate of drug-likeness (QED) is 0.873. The van der Waals surface area contributed by atoms with E-state index in [0.717, 1.165) is 62.4 Å². The molecule has 0 aromatic heterocycles. The molecule has 5 nitrogen and oxygen atoms in total. The zero-order valence-electron chi connectivity index (χ0n) is 16.0. The number of carbonyl (C=O) groups excluding carboxylic acids is 1.